The maximum absolute atomic E-state index is 11.9. The van der Waals surface area contributed by atoms with Crippen LogP contribution in [0.3, 0.4) is 0 Å². The predicted molar refractivity (Wildman–Crippen MR) is 71.7 cm³/mol. The summed E-state index contributed by atoms with van der Waals surface area (Å²) >= 11 is 0. The van der Waals surface area contributed by atoms with E-state index in [2.05, 4.69) is 5.32 Å². The van der Waals surface area contributed by atoms with Crippen molar-refractivity contribution in [3.05, 3.63) is 29.8 Å². The van der Waals surface area contributed by atoms with Gasteiger partial charge in [-0.1, -0.05) is 12.1 Å². The predicted octanol–water partition coefficient (Wildman–Crippen LogP) is 0.981. The van der Waals surface area contributed by atoms with Gasteiger partial charge in [-0.3, -0.25) is 14.9 Å². The summed E-state index contributed by atoms with van der Waals surface area (Å²) in [5.41, 5.74) is 0.812. The maximum atomic E-state index is 11.9. The summed E-state index contributed by atoms with van der Waals surface area (Å²) in [6, 6.07) is 7.23. The number of nitrogens with zero attached hydrogens (tertiary/aromatic N) is 1. The Hall–Kier alpha value is -1.88. The SMILES string of the molecule is C[C@H](O)c1ccc(N2CC(=O)NC(=O)C2(C)C)cc1. The van der Waals surface area contributed by atoms with E-state index in [0.717, 1.165) is 11.3 Å². The third-order valence-corrected chi connectivity index (χ3v) is 3.47. The fourth-order valence-electron chi connectivity index (χ4n) is 2.13. The van der Waals surface area contributed by atoms with Crippen molar-refractivity contribution in [2.45, 2.75) is 32.4 Å². The average Bonchev–Trinajstić information content (AvgIpc) is 2.34. The number of hydrogen-bond acceptors (Lipinski definition) is 4. The summed E-state index contributed by atoms with van der Waals surface area (Å²) in [6.07, 6.45) is -0.534. The van der Waals surface area contributed by atoms with Gasteiger partial charge in [0.2, 0.25) is 5.91 Å². The van der Waals surface area contributed by atoms with Crippen molar-refractivity contribution in [1.29, 1.82) is 0 Å². The molecule has 0 aromatic heterocycles. The van der Waals surface area contributed by atoms with Gasteiger partial charge in [-0.05, 0) is 38.5 Å². The first-order valence-electron chi connectivity index (χ1n) is 6.22. The van der Waals surface area contributed by atoms with Gasteiger partial charge < -0.3 is 10.0 Å². The van der Waals surface area contributed by atoms with E-state index in [1.807, 2.05) is 12.1 Å². The molecule has 1 aliphatic heterocycles. The van der Waals surface area contributed by atoms with Crippen LogP contribution in [0, 0.1) is 0 Å². The number of aliphatic hydroxyl groups is 1. The molecule has 2 amide bonds. The molecular weight excluding hydrogens is 244 g/mol. The third kappa shape index (κ3) is 2.46. The molecule has 0 aliphatic carbocycles. The number of benzene rings is 1. The van der Waals surface area contributed by atoms with Crippen LogP contribution in [0.25, 0.3) is 0 Å². The van der Waals surface area contributed by atoms with Gasteiger partial charge in [-0.2, -0.15) is 0 Å². The van der Waals surface area contributed by atoms with Crippen LogP contribution in [0.2, 0.25) is 0 Å². The molecule has 1 saturated heterocycles. The highest BCUT2D eigenvalue weighted by molar-refractivity contribution is 6.06. The van der Waals surface area contributed by atoms with E-state index in [9.17, 15) is 14.7 Å². The number of carbonyl (C=O) groups is 2. The standard InChI is InChI=1S/C14H18N2O3/c1-9(17)10-4-6-11(7-5-10)16-8-12(18)15-13(19)14(16,2)3/h4-7,9,17H,8H2,1-3H3,(H,15,18,19)/t9-/m0/s1. The lowest BCUT2D eigenvalue weighted by molar-refractivity contribution is -0.135. The molecule has 0 unspecified atom stereocenters. The Kier molecular flexibility index (Phi) is 3.32. The van der Waals surface area contributed by atoms with E-state index >= 15 is 0 Å². The molecule has 102 valence electrons. The summed E-state index contributed by atoms with van der Waals surface area (Å²) in [4.78, 5) is 25.1. The van der Waals surface area contributed by atoms with Crippen molar-refractivity contribution in [3.63, 3.8) is 0 Å². The van der Waals surface area contributed by atoms with Crippen LogP contribution in [0.4, 0.5) is 5.69 Å². The molecule has 1 fully saturated rings. The molecule has 5 heteroatoms. The molecular formula is C14H18N2O3. The number of rotatable bonds is 2. The van der Waals surface area contributed by atoms with E-state index in [4.69, 9.17) is 0 Å². The molecule has 2 rings (SSSR count). The quantitative estimate of drug-likeness (QED) is 0.780. The van der Waals surface area contributed by atoms with Gasteiger partial charge >= 0.3 is 0 Å². The number of aliphatic hydroxyl groups excluding tert-OH is 1. The minimum absolute atomic E-state index is 0.146. The molecule has 1 heterocycles. The Morgan fingerprint density at radius 1 is 1.26 bits per heavy atom. The Bertz CT molecular complexity index is 506. The van der Waals surface area contributed by atoms with Crippen LogP contribution < -0.4 is 10.2 Å². The van der Waals surface area contributed by atoms with Gasteiger partial charge in [0.05, 0.1) is 12.6 Å². The van der Waals surface area contributed by atoms with Crippen LogP contribution in [0.15, 0.2) is 24.3 Å². The average molecular weight is 262 g/mol. The molecule has 2 N–H and O–H groups in total. The minimum atomic E-state index is -0.778. The molecule has 1 aliphatic rings. The third-order valence-electron chi connectivity index (χ3n) is 3.47. The highest BCUT2D eigenvalue weighted by Crippen LogP contribution is 2.27. The summed E-state index contributed by atoms with van der Waals surface area (Å²) in [7, 11) is 0. The number of nitrogens with one attached hydrogen (secondary N) is 1. The summed E-state index contributed by atoms with van der Waals surface area (Å²) in [5, 5.41) is 11.8. The molecule has 0 saturated carbocycles. The van der Waals surface area contributed by atoms with Crippen molar-refractivity contribution in [1.82, 2.24) is 5.32 Å². The second-order valence-electron chi connectivity index (χ2n) is 5.29. The van der Waals surface area contributed by atoms with Gasteiger partial charge in [-0.15, -0.1) is 0 Å². The second kappa shape index (κ2) is 4.66. The van der Waals surface area contributed by atoms with Gasteiger partial charge in [-0.25, -0.2) is 0 Å². The van der Waals surface area contributed by atoms with E-state index in [1.165, 1.54) is 0 Å². The summed E-state index contributed by atoms with van der Waals surface area (Å²) in [6.45, 7) is 5.39. The maximum Gasteiger partial charge on any atom is 0.251 e. The normalized spacial score (nSPS) is 20.1. The topological polar surface area (TPSA) is 69.6 Å². The Morgan fingerprint density at radius 2 is 1.84 bits per heavy atom. The molecule has 0 spiro atoms. The first-order valence-corrected chi connectivity index (χ1v) is 6.22. The van der Waals surface area contributed by atoms with Crippen molar-refractivity contribution < 1.29 is 14.7 Å². The number of carbonyl (C=O) groups excluding carboxylic acids is 2. The highest BCUT2D eigenvalue weighted by atomic mass is 16.3. The van der Waals surface area contributed by atoms with E-state index in [0.29, 0.717) is 0 Å². The molecule has 0 radical (unpaired) electrons. The largest absolute Gasteiger partial charge is 0.389 e. The fourth-order valence-corrected chi connectivity index (χ4v) is 2.13. The van der Waals surface area contributed by atoms with Gasteiger partial charge in [0.25, 0.3) is 5.91 Å². The molecule has 1 aromatic rings. The highest BCUT2D eigenvalue weighted by Gasteiger charge is 2.40. The fraction of sp³-hybridized carbons (Fsp3) is 0.429. The number of hydrogen-bond donors (Lipinski definition) is 2. The van der Waals surface area contributed by atoms with Gasteiger partial charge in [0, 0.05) is 5.69 Å². The zero-order chi connectivity index (χ0) is 14.2. The lowest BCUT2D eigenvalue weighted by Gasteiger charge is -2.41. The minimum Gasteiger partial charge on any atom is -0.389 e. The number of anilines is 1. The Morgan fingerprint density at radius 3 is 2.37 bits per heavy atom. The van der Waals surface area contributed by atoms with E-state index in [-0.39, 0.29) is 18.4 Å². The number of amides is 2. The zero-order valence-electron chi connectivity index (χ0n) is 11.3. The number of piperazine rings is 1. The summed E-state index contributed by atoms with van der Waals surface area (Å²) < 4.78 is 0. The smallest absolute Gasteiger partial charge is 0.251 e. The lowest BCUT2D eigenvalue weighted by atomic mass is 9.97. The van der Waals surface area contributed by atoms with E-state index < -0.39 is 11.6 Å². The Balaban J connectivity index is 2.33. The first-order chi connectivity index (χ1) is 8.82. The molecule has 1 aromatic carbocycles. The van der Waals surface area contributed by atoms with Crippen molar-refractivity contribution in [2.24, 2.45) is 0 Å². The monoisotopic (exact) mass is 262 g/mol. The molecule has 0 bridgehead atoms. The van der Waals surface area contributed by atoms with Crippen molar-refractivity contribution in [2.75, 3.05) is 11.4 Å². The Labute approximate surface area is 112 Å². The van der Waals surface area contributed by atoms with Crippen LogP contribution in [-0.4, -0.2) is 29.0 Å². The first kappa shape index (κ1) is 13.5. The molecule has 19 heavy (non-hydrogen) atoms. The zero-order valence-corrected chi connectivity index (χ0v) is 11.3. The van der Waals surface area contributed by atoms with E-state index in [1.54, 1.807) is 37.8 Å². The van der Waals surface area contributed by atoms with Crippen LogP contribution in [0.5, 0.6) is 0 Å². The van der Waals surface area contributed by atoms with Crippen LogP contribution >= 0.6 is 0 Å². The molecule has 5 nitrogen and oxygen atoms in total. The van der Waals surface area contributed by atoms with Gasteiger partial charge in [0.15, 0.2) is 0 Å². The summed E-state index contributed by atoms with van der Waals surface area (Å²) in [5.74, 6) is -0.604. The van der Waals surface area contributed by atoms with Gasteiger partial charge in [0.1, 0.15) is 5.54 Å². The van der Waals surface area contributed by atoms with Crippen LogP contribution in [-0.2, 0) is 9.59 Å². The van der Waals surface area contributed by atoms with Crippen molar-refractivity contribution in [3.8, 4) is 0 Å². The van der Waals surface area contributed by atoms with Crippen molar-refractivity contribution >= 4 is 17.5 Å². The second-order valence-corrected chi connectivity index (χ2v) is 5.29. The van der Waals surface area contributed by atoms with Crippen LogP contribution in [0.1, 0.15) is 32.4 Å². The number of imide groups is 1. The molecule has 1 atom stereocenters. The lowest BCUT2D eigenvalue weighted by Crippen LogP contribution is -2.64.